The summed E-state index contributed by atoms with van der Waals surface area (Å²) in [5.41, 5.74) is 2.80. The first-order chi connectivity index (χ1) is 10.2. The SMILES string of the molecule is Cn1nc(C(=O)NCC2=CCCCC2)cc1-c1cccs1. The van der Waals surface area contributed by atoms with Gasteiger partial charge in [-0.2, -0.15) is 5.10 Å². The molecular formula is C16H19N3OS. The van der Waals surface area contributed by atoms with Gasteiger partial charge in [-0.25, -0.2) is 0 Å². The van der Waals surface area contributed by atoms with E-state index < -0.39 is 0 Å². The molecule has 110 valence electrons. The van der Waals surface area contributed by atoms with Gasteiger partial charge in [-0.15, -0.1) is 11.3 Å². The molecule has 0 aliphatic heterocycles. The number of allylic oxidation sites excluding steroid dienone is 1. The molecule has 0 radical (unpaired) electrons. The van der Waals surface area contributed by atoms with E-state index in [2.05, 4.69) is 16.5 Å². The maximum atomic E-state index is 12.2. The summed E-state index contributed by atoms with van der Waals surface area (Å²) in [4.78, 5) is 13.3. The lowest BCUT2D eigenvalue weighted by Crippen LogP contribution is -2.26. The van der Waals surface area contributed by atoms with Crippen molar-refractivity contribution in [1.29, 1.82) is 0 Å². The molecule has 5 heteroatoms. The molecule has 0 bridgehead atoms. The number of amides is 1. The maximum Gasteiger partial charge on any atom is 0.272 e. The van der Waals surface area contributed by atoms with E-state index in [0.29, 0.717) is 12.2 Å². The number of thiophene rings is 1. The fourth-order valence-corrected chi connectivity index (χ4v) is 3.36. The quantitative estimate of drug-likeness (QED) is 0.880. The van der Waals surface area contributed by atoms with Crippen molar-refractivity contribution < 1.29 is 4.79 Å². The van der Waals surface area contributed by atoms with Crippen LogP contribution in [0.5, 0.6) is 0 Å². The number of carbonyl (C=O) groups excluding carboxylic acids is 1. The Labute approximate surface area is 128 Å². The molecule has 1 amide bonds. The average Bonchev–Trinajstić information content (AvgIpc) is 3.15. The van der Waals surface area contributed by atoms with Crippen molar-refractivity contribution in [2.45, 2.75) is 25.7 Å². The molecule has 0 saturated heterocycles. The van der Waals surface area contributed by atoms with Gasteiger partial charge in [0.15, 0.2) is 5.69 Å². The number of hydrogen-bond acceptors (Lipinski definition) is 3. The summed E-state index contributed by atoms with van der Waals surface area (Å²) >= 11 is 1.65. The van der Waals surface area contributed by atoms with E-state index in [-0.39, 0.29) is 5.91 Å². The summed E-state index contributed by atoms with van der Waals surface area (Å²) in [7, 11) is 1.87. The molecule has 3 rings (SSSR count). The summed E-state index contributed by atoms with van der Waals surface area (Å²) in [5.74, 6) is -0.0973. The Morgan fingerprint density at radius 1 is 1.48 bits per heavy atom. The Hall–Kier alpha value is -1.88. The van der Waals surface area contributed by atoms with E-state index in [1.807, 2.05) is 30.6 Å². The minimum absolute atomic E-state index is 0.0973. The molecule has 0 unspecified atom stereocenters. The molecule has 0 fully saturated rings. The van der Waals surface area contributed by atoms with E-state index in [9.17, 15) is 4.79 Å². The predicted octanol–water partition coefficient (Wildman–Crippen LogP) is 3.38. The van der Waals surface area contributed by atoms with Gasteiger partial charge < -0.3 is 5.32 Å². The first-order valence-corrected chi connectivity index (χ1v) is 8.16. The Bertz CT molecular complexity index is 655. The van der Waals surface area contributed by atoms with Crippen molar-refractivity contribution in [3.05, 3.63) is 40.9 Å². The van der Waals surface area contributed by atoms with Gasteiger partial charge in [-0.1, -0.05) is 17.7 Å². The van der Waals surface area contributed by atoms with Crippen molar-refractivity contribution in [3.63, 3.8) is 0 Å². The molecule has 0 atom stereocenters. The molecule has 1 N–H and O–H groups in total. The first kappa shape index (κ1) is 14.1. The number of nitrogens with one attached hydrogen (secondary N) is 1. The van der Waals surface area contributed by atoms with Crippen molar-refractivity contribution in [1.82, 2.24) is 15.1 Å². The van der Waals surface area contributed by atoms with Crippen molar-refractivity contribution in [2.24, 2.45) is 7.05 Å². The zero-order valence-corrected chi connectivity index (χ0v) is 12.9. The molecule has 0 saturated carbocycles. The van der Waals surface area contributed by atoms with Crippen LogP contribution in [0.4, 0.5) is 0 Å². The van der Waals surface area contributed by atoms with Gasteiger partial charge >= 0.3 is 0 Å². The summed E-state index contributed by atoms with van der Waals surface area (Å²) in [6.45, 7) is 0.643. The highest BCUT2D eigenvalue weighted by atomic mass is 32.1. The fourth-order valence-electron chi connectivity index (χ4n) is 2.58. The van der Waals surface area contributed by atoms with Crippen LogP contribution in [-0.2, 0) is 7.05 Å². The molecule has 1 aliphatic rings. The van der Waals surface area contributed by atoms with Crippen molar-refractivity contribution in [2.75, 3.05) is 6.54 Å². The molecule has 0 aromatic carbocycles. The number of hydrogen-bond donors (Lipinski definition) is 1. The molecule has 4 nitrogen and oxygen atoms in total. The minimum Gasteiger partial charge on any atom is -0.347 e. The number of nitrogens with zero attached hydrogens (tertiary/aromatic N) is 2. The smallest absolute Gasteiger partial charge is 0.272 e. The van der Waals surface area contributed by atoms with Crippen LogP contribution in [0.3, 0.4) is 0 Å². The third kappa shape index (κ3) is 3.24. The Morgan fingerprint density at radius 2 is 2.38 bits per heavy atom. The molecule has 2 aromatic heterocycles. The molecule has 1 aliphatic carbocycles. The zero-order valence-electron chi connectivity index (χ0n) is 12.1. The predicted molar refractivity (Wildman–Crippen MR) is 85.4 cm³/mol. The van der Waals surface area contributed by atoms with Crippen LogP contribution >= 0.6 is 11.3 Å². The highest BCUT2D eigenvalue weighted by molar-refractivity contribution is 7.13. The summed E-state index contributed by atoms with van der Waals surface area (Å²) < 4.78 is 1.76. The zero-order chi connectivity index (χ0) is 14.7. The number of aryl methyl sites for hydroxylation is 1. The average molecular weight is 301 g/mol. The van der Waals surface area contributed by atoms with Gasteiger partial charge in [-0.3, -0.25) is 9.48 Å². The first-order valence-electron chi connectivity index (χ1n) is 7.28. The minimum atomic E-state index is -0.0973. The molecular weight excluding hydrogens is 282 g/mol. The molecule has 21 heavy (non-hydrogen) atoms. The van der Waals surface area contributed by atoms with Gasteiger partial charge in [0.05, 0.1) is 10.6 Å². The van der Waals surface area contributed by atoms with E-state index in [4.69, 9.17) is 0 Å². The van der Waals surface area contributed by atoms with Crippen LogP contribution in [-0.4, -0.2) is 22.2 Å². The monoisotopic (exact) mass is 301 g/mol. The van der Waals surface area contributed by atoms with E-state index in [1.54, 1.807) is 16.0 Å². The van der Waals surface area contributed by atoms with Crippen LogP contribution < -0.4 is 5.32 Å². The van der Waals surface area contributed by atoms with E-state index in [0.717, 1.165) is 23.4 Å². The molecule has 2 aromatic rings. The Balaban J connectivity index is 1.68. The number of aromatic nitrogens is 2. The standard InChI is InChI=1S/C16H19N3OS/c1-19-14(15-8-5-9-21-15)10-13(18-19)16(20)17-11-12-6-3-2-4-7-12/h5-6,8-10H,2-4,7,11H2,1H3,(H,17,20). The highest BCUT2D eigenvalue weighted by Gasteiger charge is 2.14. The fraction of sp³-hybridized carbons (Fsp3) is 0.375. The normalized spacial score (nSPS) is 14.8. The van der Waals surface area contributed by atoms with Crippen LogP contribution in [0.15, 0.2) is 35.2 Å². The van der Waals surface area contributed by atoms with Gasteiger partial charge in [0.2, 0.25) is 0 Å². The number of rotatable bonds is 4. The second-order valence-electron chi connectivity index (χ2n) is 5.31. The Morgan fingerprint density at radius 3 is 3.10 bits per heavy atom. The third-order valence-corrected chi connectivity index (χ3v) is 4.64. The van der Waals surface area contributed by atoms with Gasteiger partial charge in [-0.05, 0) is 43.2 Å². The van der Waals surface area contributed by atoms with Crippen molar-refractivity contribution >= 4 is 17.2 Å². The van der Waals surface area contributed by atoms with Crippen LogP contribution in [0.25, 0.3) is 10.6 Å². The van der Waals surface area contributed by atoms with Crippen LogP contribution in [0.2, 0.25) is 0 Å². The van der Waals surface area contributed by atoms with E-state index in [1.165, 1.54) is 18.4 Å². The topological polar surface area (TPSA) is 46.9 Å². The van der Waals surface area contributed by atoms with Crippen molar-refractivity contribution in [3.8, 4) is 10.6 Å². The lowest BCUT2D eigenvalue weighted by atomic mass is 10.00. The lowest BCUT2D eigenvalue weighted by molar-refractivity contribution is 0.0951. The number of carbonyl (C=O) groups is 1. The summed E-state index contributed by atoms with van der Waals surface area (Å²) in [5, 5.41) is 9.32. The lowest BCUT2D eigenvalue weighted by Gasteiger charge is -2.12. The van der Waals surface area contributed by atoms with Gasteiger partial charge in [0.1, 0.15) is 0 Å². The second kappa shape index (κ2) is 6.26. The molecule has 0 spiro atoms. The van der Waals surface area contributed by atoms with E-state index >= 15 is 0 Å². The van der Waals surface area contributed by atoms with Crippen LogP contribution in [0, 0.1) is 0 Å². The second-order valence-corrected chi connectivity index (χ2v) is 6.25. The largest absolute Gasteiger partial charge is 0.347 e. The maximum absolute atomic E-state index is 12.2. The van der Waals surface area contributed by atoms with Gasteiger partial charge in [0, 0.05) is 13.6 Å². The van der Waals surface area contributed by atoms with Crippen LogP contribution in [0.1, 0.15) is 36.2 Å². The summed E-state index contributed by atoms with van der Waals surface area (Å²) in [6.07, 6.45) is 6.98. The highest BCUT2D eigenvalue weighted by Crippen LogP contribution is 2.24. The third-order valence-electron chi connectivity index (χ3n) is 3.75. The van der Waals surface area contributed by atoms with Gasteiger partial charge in [0.25, 0.3) is 5.91 Å². The summed E-state index contributed by atoms with van der Waals surface area (Å²) in [6, 6.07) is 5.90. The Kier molecular flexibility index (Phi) is 4.20. The molecule has 2 heterocycles.